The third-order valence-electron chi connectivity index (χ3n) is 3.49. The number of unbranched alkanes of at least 4 members (excludes halogenated alkanes) is 7. The first-order valence-electron chi connectivity index (χ1n) is 8.94. The van der Waals surface area contributed by atoms with Crippen molar-refractivity contribution >= 4 is 5.97 Å². The van der Waals surface area contributed by atoms with Crippen molar-refractivity contribution in [2.45, 2.75) is 84.0 Å². The molecule has 22 heavy (non-hydrogen) atoms. The van der Waals surface area contributed by atoms with Gasteiger partial charge in [0.15, 0.2) is 0 Å². The Morgan fingerprint density at radius 2 is 1.14 bits per heavy atom. The molecular formula is C20H34O2. The molecule has 0 unspecified atom stereocenters. The van der Waals surface area contributed by atoms with E-state index in [1.165, 1.54) is 44.9 Å². The van der Waals surface area contributed by atoms with Crippen LogP contribution in [0.3, 0.4) is 0 Å². The largest absolute Gasteiger partial charge is 0.481 e. The van der Waals surface area contributed by atoms with Gasteiger partial charge in [0.2, 0.25) is 0 Å². The van der Waals surface area contributed by atoms with Crippen LogP contribution in [0, 0.1) is 0 Å². The van der Waals surface area contributed by atoms with Gasteiger partial charge in [0.05, 0.1) is 0 Å². The number of carbonyl (C=O) groups is 1. The lowest BCUT2D eigenvalue weighted by atomic mass is 10.1. The Labute approximate surface area is 137 Å². The van der Waals surface area contributed by atoms with E-state index in [0.29, 0.717) is 0 Å². The Morgan fingerprint density at radius 1 is 0.682 bits per heavy atom. The molecule has 126 valence electrons. The number of hydrogen-bond acceptors (Lipinski definition) is 1. The molecule has 0 saturated heterocycles. The van der Waals surface area contributed by atoms with Crippen LogP contribution in [0.2, 0.25) is 0 Å². The number of carboxylic acids is 1. The number of carboxylic acid groups (broad SMARTS) is 1. The lowest BCUT2D eigenvalue weighted by Crippen LogP contribution is -1.92. The van der Waals surface area contributed by atoms with Gasteiger partial charge >= 0.3 is 5.97 Å². The lowest BCUT2D eigenvalue weighted by Gasteiger charge is -1.97. The molecule has 1 N–H and O–H groups in total. The summed E-state index contributed by atoms with van der Waals surface area (Å²) in [5.74, 6) is -0.695. The maximum absolute atomic E-state index is 10.3. The standard InChI is InChI=1S/C20H34O2/c1-2-3-4-5-6-7-8-9-10-11-12-13-14-15-16-17-18-19-20(21)22/h3-4,7-8,15-16H,2,5-6,9-14,17-19H2,1H3,(H,21,22)/b4-3+,8-7+,16-15+. The first-order chi connectivity index (χ1) is 10.8. The van der Waals surface area contributed by atoms with Crippen molar-refractivity contribution in [1.29, 1.82) is 0 Å². The molecule has 0 fully saturated rings. The van der Waals surface area contributed by atoms with Crippen molar-refractivity contribution in [3.05, 3.63) is 36.5 Å². The minimum absolute atomic E-state index is 0.284. The minimum Gasteiger partial charge on any atom is -0.481 e. The number of aliphatic carboxylic acids is 1. The van der Waals surface area contributed by atoms with Crippen molar-refractivity contribution in [3.8, 4) is 0 Å². The van der Waals surface area contributed by atoms with E-state index >= 15 is 0 Å². The van der Waals surface area contributed by atoms with Crippen LogP contribution < -0.4 is 0 Å². The van der Waals surface area contributed by atoms with Crippen LogP contribution in [-0.2, 0) is 4.79 Å². The van der Waals surface area contributed by atoms with Crippen molar-refractivity contribution in [3.63, 3.8) is 0 Å². The van der Waals surface area contributed by atoms with Gasteiger partial charge in [-0.1, -0.05) is 56.2 Å². The van der Waals surface area contributed by atoms with E-state index in [0.717, 1.165) is 25.7 Å². The van der Waals surface area contributed by atoms with Gasteiger partial charge in [0.1, 0.15) is 0 Å². The molecule has 0 atom stereocenters. The monoisotopic (exact) mass is 306 g/mol. The van der Waals surface area contributed by atoms with E-state index in [1.807, 2.05) is 0 Å². The molecule has 0 heterocycles. The predicted molar refractivity (Wildman–Crippen MR) is 96.1 cm³/mol. The topological polar surface area (TPSA) is 37.3 Å². The molecular weight excluding hydrogens is 272 g/mol. The molecule has 0 saturated carbocycles. The third kappa shape index (κ3) is 18.7. The lowest BCUT2D eigenvalue weighted by molar-refractivity contribution is -0.137. The normalized spacial score (nSPS) is 12.0. The summed E-state index contributed by atoms with van der Waals surface area (Å²) in [5, 5.41) is 8.51. The zero-order valence-corrected chi connectivity index (χ0v) is 14.3. The molecule has 0 aromatic carbocycles. The molecule has 0 aliphatic heterocycles. The van der Waals surface area contributed by atoms with Gasteiger partial charge in [-0.15, -0.1) is 0 Å². The molecule has 0 radical (unpaired) electrons. The molecule has 0 amide bonds. The number of hydrogen-bond donors (Lipinski definition) is 1. The van der Waals surface area contributed by atoms with Gasteiger partial charge in [-0.25, -0.2) is 0 Å². The molecule has 0 rings (SSSR count). The van der Waals surface area contributed by atoms with Gasteiger partial charge in [0.25, 0.3) is 0 Å². The van der Waals surface area contributed by atoms with Crippen LogP contribution in [0.25, 0.3) is 0 Å². The van der Waals surface area contributed by atoms with Gasteiger partial charge < -0.3 is 5.11 Å². The van der Waals surface area contributed by atoms with Crippen molar-refractivity contribution < 1.29 is 9.90 Å². The second kappa shape index (κ2) is 17.7. The van der Waals surface area contributed by atoms with Crippen LogP contribution in [0.4, 0.5) is 0 Å². The Balaban J connectivity index is 3.19. The zero-order valence-electron chi connectivity index (χ0n) is 14.3. The average molecular weight is 306 g/mol. The zero-order chi connectivity index (χ0) is 16.3. The van der Waals surface area contributed by atoms with Gasteiger partial charge in [-0.3, -0.25) is 4.79 Å². The summed E-state index contributed by atoms with van der Waals surface area (Å²) in [7, 11) is 0. The van der Waals surface area contributed by atoms with Crippen LogP contribution in [0.5, 0.6) is 0 Å². The second-order valence-corrected chi connectivity index (χ2v) is 5.68. The molecule has 2 nitrogen and oxygen atoms in total. The van der Waals surface area contributed by atoms with E-state index in [-0.39, 0.29) is 6.42 Å². The minimum atomic E-state index is -0.695. The number of rotatable bonds is 15. The molecule has 0 aliphatic rings. The fourth-order valence-corrected chi connectivity index (χ4v) is 2.20. The van der Waals surface area contributed by atoms with E-state index in [4.69, 9.17) is 5.11 Å². The summed E-state index contributed by atoms with van der Waals surface area (Å²) in [5.41, 5.74) is 0. The fourth-order valence-electron chi connectivity index (χ4n) is 2.20. The summed E-state index contributed by atoms with van der Waals surface area (Å²) < 4.78 is 0. The Morgan fingerprint density at radius 3 is 1.64 bits per heavy atom. The van der Waals surface area contributed by atoms with Gasteiger partial charge in [0, 0.05) is 6.42 Å². The molecule has 0 aromatic rings. The number of allylic oxidation sites excluding steroid dienone is 6. The Bertz CT molecular complexity index is 327. The van der Waals surface area contributed by atoms with Gasteiger partial charge in [-0.2, -0.15) is 0 Å². The predicted octanol–water partition coefficient (Wildman–Crippen LogP) is 6.44. The van der Waals surface area contributed by atoms with Crippen LogP contribution in [0.1, 0.15) is 84.0 Å². The summed E-state index contributed by atoms with van der Waals surface area (Å²) in [6.45, 7) is 2.17. The summed E-state index contributed by atoms with van der Waals surface area (Å²) in [6.07, 6.45) is 26.4. The fraction of sp³-hybridized carbons (Fsp3) is 0.650. The highest BCUT2D eigenvalue weighted by Gasteiger charge is 1.93. The third-order valence-corrected chi connectivity index (χ3v) is 3.49. The maximum atomic E-state index is 10.3. The quantitative estimate of drug-likeness (QED) is 0.279. The first-order valence-corrected chi connectivity index (χ1v) is 8.94. The second-order valence-electron chi connectivity index (χ2n) is 5.68. The maximum Gasteiger partial charge on any atom is 0.303 e. The smallest absolute Gasteiger partial charge is 0.303 e. The van der Waals surface area contributed by atoms with Crippen molar-refractivity contribution in [2.75, 3.05) is 0 Å². The van der Waals surface area contributed by atoms with E-state index in [9.17, 15) is 4.79 Å². The molecule has 0 bridgehead atoms. The van der Waals surface area contributed by atoms with Crippen LogP contribution >= 0.6 is 0 Å². The summed E-state index contributed by atoms with van der Waals surface area (Å²) >= 11 is 0. The Hall–Kier alpha value is -1.31. The molecule has 0 aliphatic carbocycles. The first kappa shape index (κ1) is 20.7. The van der Waals surface area contributed by atoms with Crippen molar-refractivity contribution in [2.24, 2.45) is 0 Å². The van der Waals surface area contributed by atoms with Crippen molar-refractivity contribution in [1.82, 2.24) is 0 Å². The van der Waals surface area contributed by atoms with E-state index < -0.39 is 5.97 Å². The van der Waals surface area contributed by atoms with E-state index in [1.54, 1.807) is 0 Å². The highest BCUT2D eigenvalue weighted by atomic mass is 16.4. The average Bonchev–Trinajstić information content (AvgIpc) is 2.50. The molecule has 0 spiro atoms. The highest BCUT2D eigenvalue weighted by Crippen LogP contribution is 2.07. The van der Waals surface area contributed by atoms with E-state index in [2.05, 4.69) is 43.4 Å². The molecule has 0 aromatic heterocycles. The van der Waals surface area contributed by atoms with Crippen LogP contribution in [0.15, 0.2) is 36.5 Å². The van der Waals surface area contributed by atoms with Gasteiger partial charge in [-0.05, 0) is 57.8 Å². The van der Waals surface area contributed by atoms with Crippen LogP contribution in [-0.4, -0.2) is 11.1 Å². The molecule has 2 heteroatoms. The highest BCUT2D eigenvalue weighted by molar-refractivity contribution is 5.66. The summed E-state index contributed by atoms with van der Waals surface area (Å²) in [4.78, 5) is 10.3. The Kier molecular flexibility index (Phi) is 16.7. The summed E-state index contributed by atoms with van der Waals surface area (Å²) in [6, 6.07) is 0. The SMILES string of the molecule is CC/C=C/CC/C=C/CCCCCC/C=C/CCCC(=O)O.